The fourth-order valence-electron chi connectivity index (χ4n) is 2.18. The van der Waals surface area contributed by atoms with E-state index in [-0.39, 0.29) is 29.8 Å². The molecule has 0 aliphatic heterocycles. The fourth-order valence-corrected chi connectivity index (χ4v) is 2.96. The van der Waals surface area contributed by atoms with Crippen molar-refractivity contribution in [1.29, 1.82) is 0 Å². The van der Waals surface area contributed by atoms with Crippen LogP contribution in [-0.4, -0.2) is 24.0 Å². The van der Waals surface area contributed by atoms with E-state index in [0.717, 1.165) is 43.1 Å². The molecule has 2 rings (SSSR count). The Morgan fingerprint density at radius 2 is 2.08 bits per heavy atom. The van der Waals surface area contributed by atoms with Gasteiger partial charge in [-0.3, -0.25) is 0 Å². The molecule has 0 unspecified atom stereocenters. The van der Waals surface area contributed by atoms with Gasteiger partial charge in [0, 0.05) is 24.9 Å². The van der Waals surface area contributed by atoms with Crippen molar-refractivity contribution in [2.24, 2.45) is 4.99 Å². The lowest BCUT2D eigenvalue weighted by Gasteiger charge is -2.11. The van der Waals surface area contributed by atoms with Crippen molar-refractivity contribution < 1.29 is 4.39 Å². The Bertz CT molecular complexity index is 687. The summed E-state index contributed by atoms with van der Waals surface area (Å²) in [5, 5.41) is 9.80. The minimum absolute atomic E-state index is 0. The molecule has 1 heterocycles. The normalized spacial score (nSPS) is 11.1. The first kappa shape index (κ1) is 21.8. The lowest BCUT2D eigenvalue weighted by Crippen LogP contribution is -2.38. The van der Waals surface area contributed by atoms with Gasteiger partial charge in [0.25, 0.3) is 0 Å². The number of benzene rings is 1. The summed E-state index contributed by atoms with van der Waals surface area (Å²) in [7, 11) is 0. The van der Waals surface area contributed by atoms with Crippen molar-refractivity contribution in [3.8, 4) is 0 Å². The molecule has 0 atom stereocenters. The van der Waals surface area contributed by atoms with E-state index in [0.29, 0.717) is 12.1 Å². The van der Waals surface area contributed by atoms with Gasteiger partial charge in [-0.2, -0.15) is 0 Å². The van der Waals surface area contributed by atoms with Crippen molar-refractivity contribution >= 4 is 41.3 Å². The second-order valence-corrected chi connectivity index (χ2v) is 6.48. The van der Waals surface area contributed by atoms with Crippen molar-refractivity contribution in [3.63, 3.8) is 0 Å². The molecule has 0 bridgehead atoms. The zero-order chi connectivity index (χ0) is 17.4. The molecule has 0 aliphatic rings. The van der Waals surface area contributed by atoms with Gasteiger partial charge >= 0.3 is 0 Å². The zero-order valence-electron chi connectivity index (χ0n) is 14.9. The highest BCUT2D eigenvalue weighted by atomic mass is 127. The summed E-state index contributed by atoms with van der Waals surface area (Å²) >= 11 is 1.71. The number of aromatic nitrogens is 1. The highest BCUT2D eigenvalue weighted by molar-refractivity contribution is 14.0. The van der Waals surface area contributed by atoms with E-state index in [2.05, 4.69) is 32.9 Å². The predicted molar refractivity (Wildman–Crippen MR) is 115 cm³/mol. The molecule has 4 nitrogen and oxygen atoms in total. The summed E-state index contributed by atoms with van der Waals surface area (Å²) in [6.07, 6.45) is 1.84. The summed E-state index contributed by atoms with van der Waals surface area (Å²) < 4.78 is 13.6. The molecule has 0 aliphatic carbocycles. The number of aryl methyl sites for hydroxylation is 2. The Labute approximate surface area is 170 Å². The summed E-state index contributed by atoms with van der Waals surface area (Å²) in [6, 6.07) is 5.24. The summed E-state index contributed by atoms with van der Waals surface area (Å²) in [5.74, 6) is 0.556. The molecule has 0 saturated carbocycles. The predicted octanol–water partition coefficient (Wildman–Crippen LogP) is 4.07. The van der Waals surface area contributed by atoms with Crippen LogP contribution in [0.5, 0.6) is 0 Å². The molecule has 25 heavy (non-hydrogen) atoms. The van der Waals surface area contributed by atoms with Crippen LogP contribution in [0.25, 0.3) is 0 Å². The highest BCUT2D eigenvalue weighted by Gasteiger charge is 2.03. The van der Waals surface area contributed by atoms with Crippen LogP contribution in [0.15, 0.2) is 28.6 Å². The van der Waals surface area contributed by atoms with Crippen molar-refractivity contribution in [2.45, 2.75) is 40.2 Å². The monoisotopic (exact) mass is 476 g/mol. The van der Waals surface area contributed by atoms with Gasteiger partial charge in [-0.15, -0.1) is 35.3 Å². The maximum Gasteiger partial charge on any atom is 0.191 e. The van der Waals surface area contributed by atoms with Gasteiger partial charge in [0.05, 0.1) is 17.2 Å². The van der Waals surface area contributed by atoms with Gasteiger partial charge in [-0.25, -0.2) is 14.4 Å². The Balaban J connectivity index is 0.00000312. The number of aliphatic imine (C=N–C) groups is 1. The zero-order valence-corrected chi connectivity index (χ0v) is 18.1. The molecule has 0 amide bonds. The van der Waals surface area contributed by atoms with E-state index in [4.69, 9.17) is 0 Å². The highest BCUT2D eigenvalue weighted by Crippen LogP contribution is 2.11. The largest absolute Gasteiger partial charge is 0.357 e. The van der Waals surface area contributed by atoms with E-state index >= 15 is 0 Å². The SMILES string of the molecule is CCNC(=NCc1ccc(C)c(F)c1)NCCc1csc(CC)n1.I. The van der Waals surface area contributed by atoms with Crippen molar-refractivity contribution in [2.75, 3.05) is 13.1 Å². The van der Waals surface area contributed by atoms with Crippen LogP contribution >= 0.6 is 35.3 Å². The number of guanidine groups is 1. The average Bonchev–Trinajstić information content (AvgIpc) is 3.03. The van der Waals surface area contributed by atoms with Crippen LogP contribution in [0, 0.1) is 12.7 Å². The average molecular weight is 476 g/mol. The Morgan fingerprint density at radius 3 is 2.72 bits per heavy atom. The van der Waals surface area contributed by atoms with E-state index in [1.807, 2.05) is 13.0 Å². The van der Waals surface area contributed by atoms with Gasteiger partial charge < -0.3 is 10.6 Å². The smallest absolute Gasteiger partial charge is 0.191 e. The van der Waals surface area contributed by atoms with Gasteiger partial charge in [-0.1, -0.05) is 19.1 Å². The van der Waals surface area contributed by atoms with Gasteiger partial charge in [-0.05, 0) is 37.5 Å². The molecular weight excluding hydrogens is 450 g/mol. The molecular formula is C18H26FIN4S. The molecule has 0 spiro atoms. The Kier molecular flexibility index (Phi) is 9.96. The van der Waals surface area contributed by atoms with Crippen LogP contribution in [0.1, 0.15) is 35.7 Å². The van der Waals surface area contributed by atoms with E-state index in [1.54, 1.807) is 30.4 Å². The first-order chi connectivity index (χ1) is 11.6. The standard InChI is InChI=1S/C18H25FN4S.HI/c1-4-17-23-15(12-24-17)8-9-21-18(20-5-2)22-11-14-7-6-13(3)16(19)10-14;/h6-7,10,12H,4-5,8-9,11H2,1-3H3,(H2,20,21,22);1H. The van der Waals surface area contributed by atoms with Gasteiger partial charge in [0.15, 0.2) is 5.96 Å². The fraction of sp³-hybridized carbons (Fsp3) is 0.444. The first-order valence-corrected chi connectivity index (χ1v) is 9.20. The second kappa shape index (κ2) is 11.4. The molecule has 0 fully saturated rings. The Hall–Kier alpha value is -1.22. The topological polar surface area (TPSA) is 49.3 Å². The lowest BCUT2D eigenvalue weighted by atomic mass is 10.1. The van der Waals surface area contributed by atoms with Crippen molar-refractivity contribution in [3.05, 3.63) is 51.2 Å². The molecule has 1 aromatic heterocycles. The van der Waals surface area contributed by atoms with Gasteiger partial charge in [0.1, 0.15) is 5.82 Å². The maximum absolute atomic E-state index is 13.6. The third-order valence-electron chi connectivity index (χ3n) is 3.58. The molecule has 138 valence electrons. The number of thiazole rings is 1. The summed E-state index contributed by atoms with van der Waals surface area (Å²) in [4.78, 5) is 9.08. The maximum atomic E-state index is 13.6. The Morgan fingerprint density at radius 1 is 1.28 bits per heavy atom. The molecule has 0 radical (unpaired) electrons. The number of halogens is 2. The number of hydrogen-bond donors (Lipinski definition) is 2. The van der Waals surface area contributed by atoms with Crippen molar-refractivity contribution in [1.82, 2.24) is 15.6 Å². The second-order valence-electron chi connectivity index (χ2n) is 5.54. The minimum Gasteiger partial charge on any atom is -0.357 e. The third-order valence-corrected chi connectivity index (χ3v) is 4.62. The first-order valence-electron chi connectivity index (χ1n) is 8.32. The summed E-state index contributed by atoms with van der Waals surface area (Å²) in [5.41, 5.74) is 2.63. The van der Waals surface area contributed by atoms with Crippen LogP contribution < -0.4 is 10.6 Å². The number of rotatable bonds is 7. The third kappa shape index (κ3) is 7.27. The van der Waals surface area contributed by atoms with E-state index in [9.17, 15) is 4.39 Å². The number of hydrogen-bond acceptors (Lipinski definition) is 3. The van der Waals surface area contributed by atoms with E-state index in [1.165, 1.54) is 5.01 Å². The quantitative estimate of drug-likeness (QED) is 0.360. The molecule has 0 saturated heterocycles. The molecule has 2 N–H and O–H groups in total. The van der Waals surface area contributed by atoms with Crippen LogP contribution in [-0.2, 0) is 19.4 Å². The van der Waals surface area contributed by atoms with Crippen LogP contribution in [0.2, 0.25) is 0 Å². The minimum atomic E-state index is -0.184. The van der Waals surface area contributed by atoms with Gasteiger partial charge in [0.2, 0.25) is 0 Å². The summed E-state index contributed by atoms with van der Waals surface area (Å²) in [6.45, 7) is 7.90. The molecule has 1 aromatic carbocycles. The van der Waals surface area contributed by atoms with Crippen LogP contribution in [0.4, 0.5) is 4.39 Å². The molecule has 2 aromatic rings. The lowest BCUT2D eigenvalue weighted by molar-refractivity contribution is 0.616. The number of nitrogens with one attached hydrogen (secondary N) is 2. The van der Waals surface area contributed by atoms with E-state index < -0.39 is 0 Å². The molecule has 7 heteroatoms. The number of nitrogens with zero attached hydrogens (tertiary/aromatic N) is 2. The van der Waals surface area contributed by atoms with Crippen LogP contribution in [0.3, 0.4) is 0 Å².